The van der Waals surface area contributed by atoms with Crippen LogP contribution in [0.5, 0.6) is 0 Å². The van der Waals surface area contributed by atoms with Crippen LogP contribution in [0.2, 0.25) is 0 Å². The lowest BCUT2D eigenvalue weighted by atomic mass is 9.89. The topological polar surface area (TPSA) is 70.2 Å². The number of carbonyl (C=O) groups is 1. The van der Waals surface area contributed by atoms with Crippen LogP contribution < -0.4 is 5.32 Å². The Labute approximate surface area is 160 Å². The van der Waals surface area contributed by atoms with E-state index < -0.39 is 0 Å². The van der Waals surface area contributed by atoms with Crippen molar-refractivity contribution >= 4 is 5.91 Å². The third-order valence-corrected chi connectivity index (χ3v) is 5.67. The van der Waals surface area contributed by atoms with Gasteiger partial charge < -0.3 is 15.0 Å². The molecule has 1 fully saturated rings. The van der Waals surface area contributed by atoms with Gasteiger partial charge in [0, 0.05) is 49.8 Å². The Kier molecular flexibility index (Phi) is 5.55. The van der Waals surface area contributed by atoms with Crippen LogP contribution in [-0.4, -0.2) is 53.3 Å². The van der Waals surface area contributed by atoms with Gasteiger partial charge in [0.1, 0.15) is 0 Å². The lowest BCUT2D eigenvalue weighted by molar-refractivity contribution is -0.135. The minimum absolute atomic E-state index is 0.0100. The van der Waals surface area contributed by atoms with E-state index in [1.165, 1.54) is 16.8 Å². The minimum atomic E-state index is -0.0100. The molecule has 1 aromatic heterocycles. The fourth-order valence-corrected chi connectivity index (χ4v) is 4.17. The molecule has 2 aliphatic heterocycles. The molecule has 2 aliphatic rings. The molecule has 6 heteroatoms. The largest absolute Gasteiger partial charge is 0.375 e. The molecule has 2 N–H and O–H groups in total. The molecule has 1 saturated heterocycles. The van der Waals surface area contributed by atoms with E-state index in [0.717, 1.165) is 38.2 Å². The first-order chi connectivity index (χ1) is 13.3. The van der Waals surface area contributed by atoms with Crippen LogP contribution in [0.3, 0.4) is 0 Å². The summed E-state index contributed by atoms with van der Waals surface area (Å²) >= 11 is 0. The lowest BCUT2D eigenvalue weighted by Crippen LogP contribution is -2.43. The van der Waals surface area contributed by atoms with Crippen molar-refractivity contribution in [3.8, 4) is 0 Å². The molecule has 27 heavy (non-hydrogen) atoms. The van der Waals surface area contributed by atoms with E-state index in [0.29, 0.717) is 19.6 Å². The van der Waals surface area contributed by atoms with Gasteiger partial charge in [-0.3, -0.25) is 9.89 Å². The number of benzene rings is 1. The maximum Gasteiger partial charge on any atom is 0.225 e. The van der Waals surface area contributed by atoms with Gasteiger partial charge in [-0.2, -0.15) is 5.10 Å². The van der Waals surface area contributed by atoms with Crippen LogP contribution in [0.1, 0.15) is 48.2 Å². The van der Waals surface area contributed by atoms with Gasteiger partial charge in [-0.15, -0.1) is 0 Å². The maximum atomic E-state index is 12.8. The van der Waals surface area contributed by atoms with E-state index in [9.17, 15) is 4.79 Å². The number of ether oxygens (including phenoxy) is 1. The van der Waals surface area contributed by atoms with Crippen molar-refractivity contribution in [3.05, 3.63) is 52.8 Å². The van der Waals surface area contributed by atoms with Crippen molar-refractivity contribution in [3.63, 3.8) is 0 Å². The number of aromatic nitrogens is 2. The normalized spacial score (nSPS) is 20.9. The first-order valence-corrected chi connectivity index (χ1v) is 9.97. The molecule has 0 radical (unpaired) electrons. The Bertz CT molecular complexity index is 768. The van der Waals surface area contributed by atoms with Crippen LogP contribution >= 0.6 is 0 Å². The summed E-state index contributed by atoms with van der Waals surface area (Å²) < 4.78 is 5.70. The summed E-state index contributed by atoms with van der Waals surface area (Å²) in [6.07, 6.45) is 2.26. The molecule has 2 atom stereocenters. The molecule has 0 unspecified atom stereocenters. The fraction of sp³-hybridized carbons (Fsp3) is 0.524. The van der Waals surface area contributed by atoms with E-state index >= 15 is 0 Å². The number of hydrogen-bond donors (Lipinski definition) is 2. The summed E-state index contributed by atoms with van der Waals surface area (Å²) in [5, 5.41) is 11.2. The highest BCUT2D eigenvalue weighted by atomic mass is 16.5. The van der Waals surface area contributed by atoms with Gasteiger partial charge in [0.2, 0.25) is 5.91 Å². The van der Waals surface area contributed by atoms with Crippen LogP contribution in [0.4, 0.5) is 0 Å². The number of fused-ring (bicyclic) bond motifs is 1. The first kappa shape index (κ1) is 18.2. The highest BCUT2D eigenvalue weighted by molar-refractivity contribution is 5.77. The molecule has 0 aliphatic carbocycles. The molecule has 6 nitrogen and oxygen atoms in total. The second kappa shape index (κ2) is 8.23. The number of carbonyl (C=O) groups excluding carboxylic acids is 1. The Hall–Kier alpha value is -2.18. The molecule has 2 aromatic rings. The molecular formula is C21H28N4O2. The zero-order valence-corrected chi connectivity index (χ0v) is 15.9. The van der Waals surface area contributed by atoms with Gasteiger partial charge in [-0.25, -0.2) is 0 Å². The maximum absolute atomic E-state index is 12.8. The number of amides is 1. The van der Waals surface area contributed by atoms with Crippen molar-refractivity contribution in [2.75, 3.05) is 26.2 Å². The van der Waals surface area contributed by atoms with Crippen molar-refractivity contribution in [1.82, 2.24) is 20.4 Å². The second-order valence-corrected chi connectivity index (χ2v) is 7.40. The number of hydrogen-bond acceptors (Lipinski definition) is 4. The third-order valence-electron chi connectivity index (χ3n) is 5.67. The first-order valence-electron chi connectivity index (χ1n) is 9.97. The number of aromatic amines is 1. The summed E-state index contributed by atoms with van der Waals surface area (Å²) in [5.41, 5.74) is 4.75. The van der Waals surface area contributed by atoms with E-state index in [2.05, 4.69) is 46.7 Å². The van der Waals surface area contributed by atoms with Gasteiger partial charge in [-0.1, -0.05) is 37.3 Å². The number of rotatable bonds is 5. The molecule has 0 spiro atoms. The number of nitrogens with zero attached hydrogens (tertiary/aromatic N) is 2. The smallest absolute Gasteiger partial charge is 0.225 e. The molecule has 0 bridgehead atoms. The zero-order chi connectivity index (χ0) is 18.6. The summed E-state index contributed by atoms with van der Waals surface area (Å²) in [6, 6.07) is 10.5. The van der Waals surface area contributed by atoms with Crippen molar-refractivity contribution in [2.45, 2.75) is 44.8 Å². The molecule has 144 valence electrons. The highest BCUT2D eigenvalue weighted by Gasteiger charge is 2.29. The van der Waals surface area contributed by atoms with Gasteiger partial charge in [0.25, 0.3) is 0 Å². The van der Waals surface area contributed by atoms with Crippen molar-refractivity contribution in [2.24, 2.45) is 0 Å². The van der Waals surface area contributed by atoms with Crippen molar-refractivity contribution < 1.29 is 9.53 Å². The van der Waals surface area contributed by atoms with E-state index in [1.807, 2.05) is 11.0 Å². The van der Waals surface area contributed by atoms with Crippen LogP contribution in [-0.2, 0) is 22.5 Å². The fourth-order valence-electron chi connectivity index (χ4n) is 4.17. The molecule has 0 saturated carbocycles. The van der Waals surface area contributed by atoms with E-state index in [4.69, 9.17) is 4.74 Å². The third kappa shape index (κ3) is 3.92. The summed E-state index contributed by atoms with van der Waals surface area (Å²) in [4.78, 5) is 14.8. The predicted octanol–water partition coefficient (Wildman–Crippen LogP) is 2.21. The second-order valence-electron chi connectivity index (χ2n) is 7.40. The molecular weight excluding hydrogens is 340 g/mol. The van der Waals surface area contributed by atoms with Crippen LogP contribution in [0.25, 0.3) is 0 Å². The van der Waals surface area contributed by atoms with E-state index in [-0.39, 0.29) is 17.9 Å². The number of nitrogens with one attached hydrogen (secondary N) is 2. The Morgan fingerprint density at radius 1 is 1.37 bits per heavy atom. The summed E-state index contributed by atoms with van der Waals surface area (Å²) in [6.45, 7) is 5.89. The molecule has 4 rings (SSSR count). The van der Waals surface area contributed by atoms with Gasteiger partial charge in [0.05, 0.1) is 24.8 Å². The van der Waals surface area contributed by atoms with Gasteiger partial charge >= 0.3 is 0 Å². The quantitative estimate of drug-likeness (QED) is 0.849. The lowest BCUT2D eigenvalue weighted by Gasteiger charge is -2.30. The monoisotopic (exact) mass is 368 g/mol. The average Bonchev–Trinajstić information content (AvgIpc) is 3.13. The predicted molar refractivity (Wildman–Crippen MR) is 104 cm³/mol. The molecule has 1 amide bonds. The number of H-pyrrole nitrogens is 1. The SMILES string of the molecule is CC[C@H](c1ccccc1)c1n[nH]c2c1CN(C(=O)C[C@H]1CNCCO1)CC2. The van der Waals surface area contributed by atoms with Crippen LogP contribution in [0.15, 0.2) is 30.3 Å². The Morgan fingerprint density at radius 2 is 2.22 bits per heavy atom. The van der Waals surface area contributed by atoms with Crippen molar-refractivity contribution in [1.29, 1.82) is 0 Å². The van der Waals surface area contributed by atoms with Gasteiger partial charge in [0.15, 0.2) is 0 Å². The Balaban J connectivity index is 1.50. The standard InChI is InChI=1S/C21H28N4O2/c1-2-17(15-6-4-3-5-7-15)21-18-14-25(10-8-19(18)23-24-21)20(26)12-16-13-22-9-11-27-16/h3-7,16-17,22H,2,8-14H2,1H3,(H,23,24)/t16-,17+/m0/s1. The minimum Gasteiger partial charge on any atom is -0.375 e. The highest BCUT2D eigenvalue weighted by Crippen LogP contribution is 2.32. The van der Waals surface area contributed by atoms with Crippen LogP contribution in [0, 0.1) is 0 Å². The summed E-state index contributed by atoms with van der Waals surface area (Å²) in [5.74, 6) is 0.432. The number of morpholine rings is 1. The summed E-state index contributed by atoms with van der Waals surface area (Å²) in [7, 11) is 0. The average molecular weight is 368 g/mol. The molecule has 3 heterocycles. The zero-order valence-electron chi connectivity index (χ0n) is 15.9. The van der Waals surface area contributed by atoms with Gasteiger partial charge in [-0.05, 0) is 12.0 Å². The van der Waals surface area contributed by atoms with E-state index in [1.54, 1.807) is 0 Å². The Morgan fingerprint density at radius 3 is 2.96 bits per heavy atom. The molecule has 1 aromatic carbocycles.